The number of carboxylic acid groups (broad SMARTS) is 1. The van der Waals surface area contributed by atoms with E-state index in [9.17, 15) is 14.7 Å². The van der Waals surface area contributed by atoms with Gasteiger partial charge in [-0.2, -0.15) is 0 Å². The number of carbonyl (C=O) groups excluding carboxylic acids is 1. The van der Waals surface area contributed by atoms with E-state index in [1.807, 2.05) is 36.4 Å². The molecule has 7 heteroatoms. The Balaban J connectivity index is 1.38. The van der Waals surface area contributed by atoms with Crippen LogP contribution in [-0.2, 0) is 19.0 Å². The van der Waals surface area contributed by atoms with Gasteiger partial charge in [0.25, 0.3) is 0 Å². The Kier molecular flexibility index (Phi) is 6.53. The molecule has 0 radical (unpaired) electrons. The first-order chi connectivity index (χ1) is 15.0. The second-order valence-corrected chi connectivity index (χ2v) is 7.92. The lowest BCUT2D eigenvalue weighted by Crippen LogP contribution is -2.50. The number of amides is 1. The summed E-state index contributed by atoms with van der Waals surface area (Å²) in [6, 6.07) is 14.8. The third kappa shape index (κ3) is 4.73. The molecule has 1 heterocycles. The number of ether oxygens (including phenoxy) is 3. The maximum atomic E-state index is 12.5. The Labute approximate surface area is 181 Å². The molecule has 0 spiro atoms. The number of carboxylic acids is 1. The highest BCUT2D eigenvalue weighted by atomic mass is 16.7. The third-order valence-corrected chi connectivity index (χ3v) is 5.86. The zero-order valence-corrected chi connectivity index (χ0v) is 17.5. The van der Waals surface area contributed by atoms with Crippen LogP contribution >= 0.6 is 0 Å². The molecule has 164 valence electrons. The van der Waals surface area contributed by atoms with Crippen LogP contribution in [0.15, 0.2) is 48.5 Å². The van der Waals surface area contributed by atoms with Crippen molar-refractivity contribution in [1.82, 2.24) is 5.32 Å². The van der Waals surface area contributed by atoms with Crippen LogP contribution in [-0.4, -0.2) is 48.8 Å². The molecule has 3 atom stereocenters. The van der Waals surface area contributed by atoms with Crippen molar-refractivity contribution in [2.75, 3.05) is 13.2 Å². The van der Waals surface area contributed by atoms with Crippen LogP contribution < -0.4 is 5.32 Å². The highest BCUT2D eigenvalue weighted by Crippen LogP contribution is 2.44. The number of carbonyl (C=O) groups is 2. The molecule has 2 aliphatic rings. The van der Waals surface area contributed by atoms with E-state index in [-0.39, 0.29) is 12.5 Å². The summed E-state index contributed by atoms with van der Waals surface area (Å²) >= 11 is 0. The van der Waals surface area contributed by atoms with Gasteiger partial charge in [-0.25, -0.2) is 9.59 Å². The second-order valence-electron chi connectivity index (χ2n) is 7.92. The number of rotatable bonds is 7. The van der Waals surface area contributed by atoms with E-state index in [1.165, 1.54) is 0 Å². The topological polar surface area (TPSA) is 94.1 Å². The number of benzene rings is 2. The van der Waals surface area contributed by atoms with Crippen LogP contribution in [0.3, 0.4) is 0 Å². The van der Waals surface area contributed by atoms with Crippen molar-refractivity contribution in [2.45, 2.75) is 50.5 Å². The Morgan fingerprint density at radius 2 is 1.74 bits per heavy atom. The largest absolute Gasteiger partial charge is 0.480 e. The zero-order valence-electron chi connectivity index (χ0n) is 17.5. The molecule has 2 aromatic carbocycles. The number of aliphatic carboxylic acids is 1. The van der Waals surface area contributed by atoms with Crippen LogP contribution in [0, 0.1) is 0 Å². The average molecular weight is 425 g/mol. The minimum absolute atomic E-state index is 0.0919. The molecule has 1 fully saturated rings. The van der Waals surface area contributed by atoms with Crippen LogP contribution in [0.4, 0.5) is 4.79 Å². The molecule has 7 nitrogen and oxygen atoms in total. The Bertz CT molecular complexity index is 894. The average Bonchev–Trinajstić information content (AvgIpc) is 3.10. The summed E-state index contributed by atoms with van der Waals surface area (Å²) in [5.74, 6) is -1.28. The SMILES string of the molecule is CC(OC1CCCCO1)C(NC(=O)OCC1c2ccccc2-c2ccccc21)C(=O)O. The molecule has 0 saturated carbocycles. The molecule has 2 aromatic rings. The zero-order chi connectivity index (χ0) is 21.8. The van der Waals surface area contributed by atoms with Crippen LogP contribution in [0.2, 0.25) is 0 Å². The van der Waals surface area contributed by atoms with Gasteiger partial charge < -0.3 is 24.6 Å². The molecule has 3 unspecified atom stereocenters. The number of nitrogens with one attached hydrogen (secondary N) is 1. The van der Waals surface area contributed by atoms with Gasteiger partial charge in [0, 0.05) is 12.5 Å². The van der Waals surface area contributed by atoms with Crippen molar-refractivity contribution >= 4 is 12.1 Å². The lowest BCUT2D eigenvalue weighted by molar-refractivity contribution is -0.193. The van der Waals surface area contributed by atoms with E-state index >= 15 is 0 Å². The summed E-state index contributed by atoms with van der Waals surface area (Å²) in [7, 11) is 0. The minimum atomic E-state index is -1.24. The van der Waals surface area contributed by atoms with Gasteiger partial charge in [-0.15, -0.1) is 0 Å². The Hall–Kier alpha value is -2.90. The molecular weight excluding hydrogens is 398 g/mol. The second kappa shape index (κ2) is 9.49. The van der Waals surface area contributed by atoms with Gasteiger partial charge in [0.2, 0.25) is 0 Å². The highest BCUT2D eigenvalue weighted by molar-refractivity contribution is 5.81. The quantitative estimate of drug-likeness (QED) is 0.699. The maximum absolute atomic E-state index is 12.5. The van der Waals surface area contributed by atoms with Crippen molar-refractivity contribution in [1.29, 1.82) is 0 Å². The van der Waals surface area contributed by atoms with Crippen LogP contribution in [0.1, 0.15) is 43.2 Å². The highest BCUT2D eigenvalue weighted by Gasteiger charge is 2.32. The Morgan fingerprint density at radius 3 is 2.32 bits per heavy atom. The number of hydrogen-bond donors (Lipinski definition) is 2. The molecular formula is C24H27NO6. The van der Waals surface area contributed by atoms with Crippen LogP contribution in [0.5, 0.6) is 0 Å². The molecule has 31 heavy (non-hydrogen) atoms. The van der Waals surface area contributed by atoms with Gasteiger partial charge in [0.05, 0.1) is 6.10 Å². The first-order valence-corrected chi connectivity index (χ1v) is 10.7. The summed E-state index contributed by atoms with van der Waals surface area (Å²) in [5, 5.41) is 12.0. The van der Waals surface area contributed by atoms with E-state index in [4.69, 9.17) is 14.2 Å². The fraction of sp³-hybridized carbons (Fsp3) is 0.417. The molecule has 4 rings (SSSR count). The standard InChI is InChI=1S/C24H27NO6/c1-15(31-21-12-6-7-13-29-21)22(23(26)27)25-24(28)30-14-20-18-10-4-2-8-16(18)17-9-3-5-11-19(17)20/h2-5,8-11,15,20-22H,6-7,12-14H2,1H3,(H,25,28)(H,26,27). The van der Waals surface area contributed by atoms with E-state index in [1.54, 1.807) is 6.92 Å². The molecule has 1 aliphatic heterocycles. The molecule has 2 N–H and O–H groups in total. The smallest absolute Gasteiger partial charge is 0.407 e. The molecule has 1 saturated heterocycles. The van der Waals surface area contributed by atoms with E-state index in [0.29, 0.717) is 13.0 Å². The summed E-state index contributed by atoms with van der Waals surface area (Å²) < 4.78 is 16.7. The predicted octanol–water partition coefficient (Wildman–Crippen LogP) is 3.91. The minimum Gasteiger partial charge on any atom is -0.480 e. The van der Waals surface area contributed by atoms with Crippen molar-refractivity contribution in [2.24, 2.45) is 0 Å². The molecule has 1 aliphatic carbocycles. The normalized spacial score (nSPS) is 19.7. The van der Waals surface area contributed by atoms with Gasteiger partial charge in [-0.1, -0.05) is 48.5 Å². The predicted molar refractivity (Wildman–Crippen MR) is 114 cm³/mol. The number of alkyl carbamates (subject to hydrolysis) is 1. The van der Waals surface area contributed by atoms with Crippen LogP contribution in [0.25, 0.3) is 11.1 Å². The first kappa shape index (κ1) is 21.3. The lowest BCUT2D eigenvalue weighted by Gasteiger charge is -2.29. The summed E-state index contributed by atoms with van der Waals surface area (Å²) in [4.78, 5) is 24.2. The molecule has 0 aromatic heterocycles. The van der Waals surface area contributed by atoms with E-state index in [2.05, 4.69) is 17.4 Å². The number of hydrogen-bond acceptors (Lipinski definition) is 5. The fourth-order valence-corrected chi connectivity index (χ4v) is 4.28. The van der Waals surface area contributed by atoms with E-state index < -0.39 is 30.5 Å². The van der Waals surface area contributed by atoms with Gasteiger partial charge >= 0.3 is 12.1 Å². The molecule has 1 amide bonds. The van der Waals surface area contributed by atoms with Crippen molar-refractivity contribution in [3.8, 4) is 11.1 Å². The fourth-order valence-electron chi connectivity index (χ4n) is 4.28. The maximum Gasteiger partial charge on any atom is 0.407 e. The summed E-state index contributed by atoms with van der Waals surface area (Å²) in [5.41, 5.74) is 4.45. The van der Waals surface area contributed by atoms with Crippen molar-refractivity contribution < 1.29 is 28.9 Å². The summed E-state index contributed by atoms with van der Waals surface area (Å²) in [6.45, 7) is 2.32. The van der Waals surface area contributed by atoms with Gasteiger partial charge in [-0.3, -0.25) is 0 Å². The van der Waals surface area contributed by atoms with Crippen molar-refractivity contribution in [3.63, 3.8) is 0 Å². The lowest BCUT2D eigenvalue weighted by atomic mass is 9.98. The summed E-state index contributed by atoms with van der Waals surface area (Å²) in [6.07, 6.45) is 0.649. The Morgan fingerprint density at radius 1 is 1.10 bits per heavy atom. The molecule has 0 bridgehead atoms. The van der Waals surface area contributed by atoms with Gasteiger partial charge in [-0.05, 0) is 48.4 Å². The van der Waals surface area contributed by atoms with Gasteiger partial charge in [0.15, 0.2) is 12.3 Å². The van der Waals surface area contributed by atoms with Gasteiger partial charge in [0.1, 0.15) is 6.61 Å². The first-order valence-electron chi connectivity index (χ1n) is 10.7. The van der Waals surface area contributed by atoms with E-state index in [0.717, 1.165) is 35.1 Å². The monoisotopic (exact) mass is 425 g/mol. The number of fused-ring (bicyclic) bond motifs is 3. The third-order valence-electron chi connectivity index (χ3n) is 5.86. The van der Waals surface area contributed by atoms with Crippen molar-refractivity contribution in [3.05, 3.63) is 59.7 Å².